The Balaban J connectivity index is 1.71. The second kappa shape index (κ2) is 10.5. The number of anilines is 1. The normalized spacial score (nSPS) is 9.78. The number of hydrogen-bond acceptors (Lipinski definition) is 5. The first-order chi connectivity index (χ1) is 13.1. The van der Waals surface area contributed by atoms with Crippen molar-refractivity contribution in [2.45, 2.75) is 12.8 Å². The smallest absolute Gasteiger partial charge is 0.251 e. The minimum atomic E-state index is -0.194. The number of benzene rings is 2. The maximum atomic E-state index is 12.0. The molecule has 2 aromatic rings. The van der Waals surface area contributed by atoms with Crippen LogP contribution in [-0.4, -0.2) is 32.1 Å². The summed E-state index contributed by atoms with van der Waals surface area (Å²) in [6.45, 7) is 0.342. The van der Waals surface area contributed by atoms with Crippen molar-refractivity contribution in [3.8, 4) is 17.6 Å². The van der Waals surface area contributed by atoms with Gasteiger partial charge < -0.3 is 20.1 Å². The molecule has 0 unspecified atom stereocenters. The van der Waals surface area contributed by atoms with Crippen molar-refractivity contribution >= 4 is 17.5 Å². The average molecular weight is 367 g/mol. The molecule has 0 spiro atoms. The molecule has 0 aromatic heterocycles. The van der Waals surface area contributed by atoms with E-state index in [1.54, 1.807) is 55.6 Å². The van der Waals surface area contributed by atoms with Crippen LogP contribution in [0.1, 0.15) is 23.2 Å². The summed E-state index contributed by atoms with van der Waals surface area (Å²) < 4.78 is 10.2. The van der Waals surface area contributed by atoms with Crippen LogP contribution in [0, 0.1) is 11.3 Å². The summed E-state index contributed by atoms with van der Waals surface area (Å²) in [5, 5.41) is 14.1. The molecule has 140 valence electrons. The van der Waals surface area contributed by atoms with Crippen molar-refractivity contribution in [3.63, 3.8) is 0 Å². The van der Waals surface area contributed by atoms with E-state index in [2.05, 4.69) is 10.6 Å². The fourth-order valence-electron chi connectivity index (χ4n) is 2.30. The van der Waals surface area contributed by atoms with Gasteiger partial charge in [-0.25, -0.2) is 0 Å². The molecule has 0 radical (unpaired) electrons. The van der Waals surface area contributed by atoms with Crippen LogP contribution >= 0.6 is 0 Å². The zero-order valence-electron chi connectivity index (χ0n) is 15.0. The molecule has 27 heavy (non-hydrogen) atoms. The quantitative estimate of drug-likeness (QED) is 0.664. The number of nitrogens with one attached hydrogen (secondary N) is 2. The van der Waals surface area contributed by atoms with Crippen LogP contribution < -0.4 is 20.1 Å². The first-order valence-electron chi connectivity index (χ1n) is 8.44. The lowest BCUT2D eigenvalue weighted by Gasteiger charge is -2.08. The van der Waals surface area contributed by atoms with Crippen LogP contribution in [0.5, 0.6) is 11.5 Å². The molecule has 0 aliphatic carbocycles. The number of nitrogens with zero attached hydrogens (tertiary/aromatic N) is 1. The van der Waals surface area contributed by atoms with Crippen LogP contribution in [0.2, 0.25) is 0 Å². The van der Waals surface area contributed by atoms with E-state index in [1.165, 1.54) is 0 Å². The SMILES string of the molecule is COc1ccc(C(=O)NCCCC(=O)Nc2cccc(OCC#N)c2)cc1. The van der Waals surface area contributed by atoms with Gasteiger partial charge in [-0.1, -0.05) is 6.07 Å². The average Bonchev–Trinajstić information content (AvgIpc) is 2.70. The van der Waals surface area contributed by atoms with E-state index in [0.717, 1.165) is 0 Å². The van der Waals surface area contributed by atoms with Crippen LogP contribution in [0.25, 0.3) is 0 Å². The number of methoxy groups -OCH3 is 1. The largest absolute Gasteiger partial charge is 0.497 e. The Morgan fingerprint density at radius 3 is 2.59 bits per heavy atom. The summed E-state index contributed by atoms with van der Waals surface area (Å²) in [5.74, 6) is 0.845. The standard InChI is InChI=1S/C20H21N3O4/c1-26-17-9-7-15(8-10-17)20(25)22-12-3-6-19(24)23-16-4-2-5-18(14-16)27-13-11-21/h2,4-5,7-10,14H,3,6,12-13H2,1H3,(H,22,25)(H,23,24). The van der Waals surface area contributed by atoms with Gasteiger partial charge in [-0.2, -0.15) is 5.26 Å². The topological polar surface area (TPSA) is 100 Å². The molecule has 0 aliphatic heterocycles. The predicted octanol–water partition coefficient (Wildman–Crippen LogP) is 2.75. The lowest BCUT2D eigenvalue weighted by molar-refractivity contribution is -0.116. The molecular weight excluding hydrogens is 346 g/mol. The van der Waals surface area contributed by atoms with Crippen LogP contribution in [-0.2, 0) is 4.79 Å². The Bertz CT molecular complexity index is 813. The van der Waals surface area contributed by atoms with Gasteiger partial charge in [0.05, 0.1) is 7.11 Å². The molecule has 0 atom stereocenters. The Labute approximate surface area is 157 Å². The van der Waals surface area contributed by atoms with Gasteiger partial charge in [-0.15, -0.1) is 0 Å². The molecular formula is C20H21N3O4. The summed E-state index contributed by atoms with van der Waals surface area (Å²) >= 11 is 0. The van der Waals surface area contributed by atoms with Gasteiger partial charge in [0, 0.05) is 30.3 Å². The minimum absolute atomic E-state index is 0.0503. The van der Waals surface area contributed by atoms with E-state index < -0.39 is 0 Å². The van der Waals surface area contributed by atoms with Gasteiger partial charge in [0.15, 0.2) is 6.61 Å². The molecule has 7 nitrogen and oxygen atoms in total. The fourth-order valence-corrected chi connectivity index (χ4v) is 2.30. The van der Waals surface area contributed by atoms with E-state index in [9.17, 15) is 9.59 Å². The predicted molar refractivity (Wildman–Crippen MR) is 101 cm³/mol. The number of amides is 2. The Morgan fingerprint density at radius 2 is 1.89 bits per heavy atom. The summed E-state index contributed by atoms with van der Waals surface area (Å²) in [5.41, 5.74) is 1.13. The third kappa shape index (κ3) is 6.71. The first kappa shape index (κ1) is 19.8. The van der Waals surface area contributed by atoms with Crippen molar-refractivity contribution in [2.75, 3.05) is 25.6 Å². The van der Waals surface area contributed by atoms with Crippen molar-refractivity contribution in [1.29, 1.82) is 5.26 Å². The lowest BCUT2D eigenvalue weighted by atomic mass is 10.2. The molecule has 0 saturated heterocycles. The van der Waals surface area contributed by atoms with E-state index >= 15 is 0 Å². The molecule has 2 amide bonds. The van der Waals surface area contributed by atoms with E-state index in [1.807, 2.05) is 6.07 Å². The Morgan fingerprint density at radius 1 is 1.11 bits per heavy atom. The third-order valence-corrected chi connectivity index (χ3v) is 3.64. The highest BCUT2D eigenvalue weighted by Gasteiger charge is 2.07. The van der Waals surface area contributed by atoms with Gasteiger partial charge in [-0.3, -0.25) is 9.59 Å². The van der Waals surface area contributed by atoms with E-state index in [4.69, 9.17) is 14.7 Å². The van der Waals surface area contributed by atoms with E-state index in [-0.39, 0.29) is 24.8 Å². The zero-order chi connectivity index (χ0) is 19.5. The number of hydrogen-bond donors (Lipinski definition) is 2. The molecule has 2 rings (SSSR count). The number of nitriles is 1. The molecule has 0 heterocycles. The van der Waals surface area contributed by atoms with Crippen molar-refractivity contribution in [1.82, 2.24) is 5.32 Å². The van der Waals surface area contributed by atoms with Crippen molar-refractivity contribution in [2.24, 2.45) is 0 Å². The summed E-state index contributed by atoms with van der Waals surface area (Å²) in [6, 6.07) is 15.5. The van der Waals surface area contributed by atoms with Crippen LogP contribution in [0.15, 0.2) is 48.5 Å². The highest BCUT2D eigenvalue weighted by Crippen LogP contribution is 2.17. The number of rotatable bonds is 9. The first-order valence-corrected chi connectivity index (χ1v) is 8.44. The van der Waals surface area contributed by atoms with Gasteiger partial charge in [0.25, 0.3) is 5.91 Å². The molecule has 0 fully saturated rings. The van der Waals surface area contributed by atoms with E-state index in [0.29, 0.717) is 35.7 Å². The summed E-state index contributed by atoms with van der Waals surface area (Å²) in [4.78, 5) is 24.0. The molecule has 2 N–H and O–H groups in total. The van der Waals surface area contributed by atoms with Crippen LogP contribution in [0.4, 0.5) is 5.69 Å². The maximum absolute atomic E-state index is 12.0. The van der Waals surface area contributed by atoms with Crippen molar-refractivity contribution in [3.05, 3.63) is 54.1 Å². The molecule has 7 heteroatoms. The maximum Gasteiger partial charge on any atom is 0.251 e. The fraction of sp³-hybridized carbons (Fsp3) is 0.250. The summed E-state index contributed by atoms with van der Waals surface area (Å²) in [6.07, 6.45) is 0.782. The van der Waals surface area contributed by atoms with Crippen LogP contribution in [0.3, 0.4) is 0 Å². The Hall–Kier alpha value is -3.53. The number of carbonyl (C=O) groups excluding carboxylic acids is 2. The second-order valence-electron chi connectivity index (χ2n) is 5.61. The highest BCUT2D eigenvalue weighted by molar-refractivity contribution is 5.94. The molecule has 0 saturated carbocycles. The number of ether oxygens (including phenoxy) is 2. The lowest BCUT2D eigenvalue weighted by Crippen LogP contribution is -2.25. The van der Waals surface area contributed by atoms with Gasteiger partial charge >= 0.3 is 0 Å². The summed E-state index contributed by atoms with van der Waals surface area (Å²) in [7, 11) is 1.57. The molecule has 2 aromatic carbocycles. The zero-order valence-corrected chi connectivity index (χ0v) is 15.0. The van der Waals surface area contributed by atoms with Crippen molar-refractivity contribution < 1.29 is 19.1 Å². The second-order valence-corrected chi connectivity index (χ2v) is 5.61. The monoisotopic (exact) mass is 367 g/mol. The molecule has 0 aliphatic rings. The highest BCUT2D eigenvalue weighted by atomic mass is 16.5. The minimum Gasteiger partial charge on any atom is -0.497 e. The number of carbonyl (C=O) groups is 2. The van der Waals surface area contributed by atoms with Gasteiger partial charge in [0.2, 0.25) is 5.91 Å². The van der Waals surface area contributed by atoms with Gasteiger partial charge in [-0.05, 0) is 42.8 Å². The Kier molecular flexibility index (Phi) is 7.67. The third-order valence-electron chi connectivity index (χ3n) is 3.64. The van der Waals surface area contributed by atoms with Gasteiger partial charge in [0.1, 0.15) is 17.6 Å². The molecule has 0 bridgehead atoms.